The molecule has 0 spiro atoms. The second-order valence-corrected chi connectivity index (χ2v) is 5.08. The number of aryl methyl sites for hydroxylation is 1. The van der Waals surface area contributed by atoms with E-state index in [1.807, 2.05) is 19.1 Å². The van der Waals surface area contributed by atoms with Crippen molar-refractivity contribution in [3.63, 3.8) is 0 Å². The minimum Gasteiger partial charge on any atom is -0.318 e. The third-order valence-corrected chi connectivity index (χ3v) is 3.28. The van der Waals surface area contributed by atoms with Gasteiger partial charge < -0.3 is 5.32 Å². The van der Waals surface area contributed by atoms with Gasteiger partial charge >= 0.3 is 11.8 Å². The second kappa shape index (κ2) is 7.38. The van der Waals surface area contributed by atoms with Gasteiger partial charge in [-0.05, 0) is 44.2 Å². The molecule has 0 aromatic heterocycles. The van der Waals surface area contributed by atoms with Crippen molar-refractivity contribution in [1.29, 1.82) is 0 Å². The molecule has 1 aliphatic rings. The molecular formula is C16H19N3O2. The van der Waals surface area contributed by atoms with Crippen LogP contribution in [0.5, 0.6) is 0 Å². The quantitative estimate of drug-likeness (QED) is 0.387. The maximum Gasteiger partial charge on any atom is 0.329 e. The zero-order chi connectivity index (χ0) is 15.1. The fraction of sp³-hybridized carbons (Fsp3) is 0.312. The number of carbonyl (C=O) groups is 2. The van der Waals surface area contributed by atoms with Gasteiger partial charge in [-0.1, -0.05) is 29.8 Å². The number of carbonyl (C=O) groups excluding carboxylic acids is 2. The smallest absolute Gasteiger partial charge is 0.318 e. The zero-order valence-electron chi connectivity index (χ0n) is 12.0. The molecule has 0 saturated heterocycles. The normalized spacial score (nSPS) is 17.7. The van der Waals surface area contributed by atoms with Crippen molar-refractivity contribution in [1.82, 2.24) is 5.43 Å². The van der Waals surface area contributed by atoms with Gasteiger partial charge in [0.15, 0.2) is 0 Å². The molecule has 2 amide bonds. The molecule has 0 bridgehead atoms. The predicted molar refractivity (Wildman–Crippen MR) is 82.9 cm³/mol. The van der Waals surface area contributed by atoms with E-state index in [9.17, 15) is 9.59 Å². The monoisotopic (exact) mass is 285 g/mol. The number of rotatable bonds is 3. The number of nitrogens with one attached hydrogen (secondary N) is 2. The number of hydrogen-bond acceptors (Lipinski definition) is 3. The van der Waals surface area contributed by atoms with E-state index in [0.717, 1.165) is 24.8 Å². The Balaban J connectivity index is 1.79. The van der Waals surface area contributed by atoms with E-state index in [0.29, 0.717) is 11.6 Å². The van der Waals surface area contributed by atoms with E-state index in [-0.39, 0.29) is 0 Å². The molecule has 2 N–H and O–H groups in total. The Bertz CT molecular complexity index is 561. The van der Waals surface area contributed by atoms with Gasteiger partial charge in [0, 0.05) is 11.9 Å². The van der Waals surface area contributed by atoms with Crippen LogP contribution in [0.2, 0.25) is 0 Å². The Morgan fingerprint density at radius 2 is 1.95 bits per heavy atom. The summed E-state index contributed by atoms with van der Waals surface area (Å²) in [7, 11) is 0. The van der Waals surface area contributed by atoms with Gasteiger partial charge in [-0.2, -0.15) is 5.10 Å². The van der Waals surface area contributed by atoms with Gasteiger partial charge in [0.2, 0.25) is 0 Å². The Hall–Kier alpha value is -2.43. The molecule has 0 fully saturated rings. The van der Waals surface area contributed by atoms with Crippen LogP contribution in [0.3, 0.4) is 0 Å². The molecule has 21 heavy (non-hydrogen) atoms. The molecule has 0 heterocycles. The third kappa shape index (κ3) is 4.87. The zero-order valence-corrected chi connectivity index (χ0v) is 12.0. The number of amides is 2. The van der Waals surface area contributed by atoms with Crippen molar-refractivity contribution in [2.45, 2.75) is 26.2 Å². The second-order valence-electron chi connectivity index (χ2n) is 5.08. The minimum atomic E-state index is -0.766. The highest BCUT2D eigenvalue weighted by molar-refractivity contribution is 6.39. The molecule has 0 aliphatic heterocycles. The van der Waals surface area contributed by atoms with Crippen LogP contribution in [0.1, 0.15) is 24.8 Å². The molecule has 0 saturated carbocycles. The number of hydrazone groups is 1. The number of hydrogen-bond donors (Lipinski definition) is 2. The molecule has 1 aliphatic carbocycles. The highest BCUT2D eigenvalue weighted by Gasteiger charge is 2.13. The van der Waals surface area contributed by atoms with E-state index in [2.05, 4.69) is 28.0 Å². The van der Waals surface area contributed by atoms with Crippen molar-refractivity contribution in [2.24, 2.45) is 11.0 Å². The minimum absolute atomic E-state index is 0.329. The molecule has 5 nitrogen and oxygen atoms in total. The van der Waals surface area contributed by atoms with Crippen molar-refractivity contribution >= 4 is 23.7 Å². The summed E-state index contributed by atoms with van der Waals surface area (Å²) in [5.74, 6) is -1.16. The van der Waals surface area contributed by atoms with Crippen LogP contribution < -0.4 is 10.7 Å². The summed E-state index contributed by atoms with van der Waals surface area (Å²) in [6, 6.07) is 7.22. The van der Waals surface area contributed by atoms with Crippen LogP contribution in [0.4, 0.5) is 5.69 Å². The average Bonchev–Trinajstić information content (AvgIpc) is 2.50. The first kappa shape index (κ1) is 15.0. The first-order valence-electron chi connectivity index (χ1n) is 7.01. The molecule has 110 valence electrons. The van der Waals surface area contributed by atoms with E-state index in [4.69, 9.17) is 0 Å². The van der Waals surface area contributed by atoms with E-state index >= 15 is 0 Å². The molecular weight excluding hydrogens is 266 g/mol. The lowest BCUT2D eigenvalue weighted by Crippen LogP contribution is -2.32. The van der Waals surface area contributed by atoms with Crippen LogP contribution in [-0.2, 0) is 9.59 Å². The topological polar surface area (TPSA) is 70.6 Å². The molecule has 1 atom stereocenters. The third-order valence-electron chi connectivity index (χ3n) is 3.28. The first-order valence-corrected chi connectivity index (χ1v) is 7.01. The average molecular weight is 285 g/mol. The SMILES string of the molecule is Cc1ccc(NC(=O)C(=O)N/N=C\[C@@H]2CC=CCC2)cc1. The van der Waals surface area contributed by atoms with Gasteiger partial charge in [-0.25, -0.2) is 5.43 Å². The van der Waals surface area contributed by atoms with Crippen LogP contribution in [0, 0.1) is 12.8 Å². The molecule has 5 heteroatoms. The van der Waals surface area contributed by atoms with Gasteiger partial charge in [-0.15, -0.1) is 0 Å². The Morgan fingerprint density at radius 3 is 2.62 bits per heavy atom. The summed E-state index contributed by atoms with van der Waals surface area (Å²) in [5, 5.41) is 6.37. The summed E-state index contributed by atoms with van der Waals surface area (Å²) in [4.78, 5) is 23.3. The van der Waals surface area contributed by atoms with Gasteiger partial charge in [0.05, 0.1) is 0 Å². The van der Waals surface area contributed by atoms with Crippen LogP contribution >= 0.6 is 0 Å². The summed E-state index contributed by atoms with van der Waals surface area (Å²) < 4.78 is 0. The van der Waals surface area contributed by atoms with E-state index < -0.39 is 11.8 Å². The lowest BCUT2D eigenvalue weighted by molar-refractivity contribution is -0.136. The maximum absolute atomic E-state index is 11.7. The van der Waals surface area contributed by atoms with Crippen LogP contribution in [0.15, 0.2) is 41.5 Å². The molecule has 0 unspecified atom stereocenters. The standard InChI is InChI=1S/C16H19N3O2/c1-12-7-9-14(10-8-12)18-15(20)16(21)19-17-11-13-5-3-2-4-6-13/h2-3,7-11,13H,4-6H2,1H3,(H,18,20)(H,19,21)/b17-11-/t13-/m1/s1. The van der Waals surface area contributed by atoms with Gasteiger partial charge in [0.25, 0.3) is 0 Å². The van der Waals surface area contributed by atoms with Gasteiger partial charge in [-0.3, -0.25) is 9.59 Å². The Morgan fingerprint density at radius 1 is 1.19 bits per heavy atom. The summed E-state index contributed by atoms with van der Waals surface area (Å²) in [5.41, 5.74) is 3.93. The summed E-state index contributed by atoms with van der Waals surface area (Å²) in [6.07, 6.45) is 8.91. The van der Waals surface area contributed by atoms with E-state index in [1.165, 1.54) is 0 Å². The van der Waals surface area contributed by atoms with Gasteiger partial charge in [0.1, 0.15) is 0 Å². The summed E-state index contributed by atoms with van der Waals surface area (Å²) in [6.45, 7) is 1.95. The number of nitrogens with zero attached hydrogens (tertiary/aromatic N) is 1. The lowest BCUT2D eigenvalue weighted by atomic mass is 9.96. The highest BCUT2D eigenvalue weighted by Crippen LogP contribution is 2.15. The molecule has 0 radical (unpaired) electrons. The van der Waals surface area contributed by atoms with Crippen molar-refractivity contribution in [3.05, 3.63) is 42.0 Å². The number of anilines is 1. The molecule has 1 aromatic rings. The van der Waals surface area contributed by atoms with E-state index in [1.54, 1.807) is 18.3 Å². The van der Waals surface area contributed by atoms with Crippen molar-refractivity contribution in [3.8, 4) is 0 Å². The van der Waals surface area contributed by atoms with Crippen molar-refractivity contribution in [2.75, 3.05) is 5.32 Å². The first-order chi connectivity index (χ1) is 10.1. The maximum atomic E-state index is 11.7. The molecule has 1 aromatic carbocycles. The Labute approximate surface area is 124 Å². The fourth-order valence-electron chi connectivity index (χ4n) is 2.03. The number of allylic oxidation sites excluding steroid dienone is 2. The Kier molecular flexibility index (Phi) is 5.26. The summed E-state index contributed by atoms with van der Waals surface area (Å²) >= 11 is 0. The largest absolute Gasteiger partial charge is 0.329 e. The van der Waals surface area contributed by atoms with Crippen LogP contribution in [-0.4, -0.2) is 18.0 Å². The highest BCUT2D eigenvalue weighted by atomic mass is 16.2. The molecule has 2 rings (SSSR count). The fourth-order valence-corrected chi connectivity index (χ4v) is 2.03. The van der Waals surface area contributed by atoms with Crippen LogP contribution in [0.25, 0.3) is 0 Å². The van der Waals surface area contributed by atoms with Crippen molar-refractivity contribution < 1.29 is 9.59 Å². The predicted octanol–water partition coefficient (Wildman–Crippen LogP) is 2.39. The number of benzene rings is 1. The lowest BCUT2D eigenvalue weighted by Gasteiger charge is -2.11.